The van der Waals surface area contributed by atoms with Gasteiger partial charge in [-0.25, -0.2) is 14.1 Å². The van der Waals surface area contributed by atoms with Crippen LogP contribution in [0.2, 0.25) is 0 Å². The first-order valence-corrected chi connectivity index (χ1v) is 11.3. The summed E-state index contributed by atoms with van der Waals surface area (Å²) < 4.78 is 16.3. The summed E-state index contributed by atoms with van der Waals surface area (Å²) in [5.41, 5.74) is 3.64. The van der Waals surface area contributed by atoms with Gasteiger partial charge in [0.2, 0.25) is 5.91 Å². The summed E-state index contributed by atoms with van der Waals surface area (Å²) in [6.45, 7) is 1.83. The molecule has 0 unspecified atom stereocenters. The summed E-state index contributed by atoms with van der Waals surface area (Å²) in [6, 6.07) is 25.0. The lowest BCUT2D eigenvalue weighted by atomic mass is 10.1. The van der Waals surface area contributed by atoms with Gasteiger partial charge in [0.15, 0.2) is 5.65 Å². The summed E-state index contributed by atoms with van der Waals surface area (Å²) in [6.07, 6.45) is 1.60. The quantitative estimate of drug-likeness (QED) is 0.337. The molecule has 5 aromatic rings. The van der Waals surface area contributed by atoms with Crippen molar-refractivity contribution in [2.24, 2.45) is 0 Å². The Bertz CT molecular complexity index is 1570. The first-order valence-electron chi connectivity index (χ1n) is 11.3. The van der Waals surface area contributed by atoms with E-state index in [4.69, 9.17) is 4.98 Å². The summed E-state index contributed by atoms with van der Waals surface area (Å²) in [5.74, 6) is -1.43. The molecule has 0 spiro atoms. The second-order valence-electron chi connectivity index (χ2n) is 8.28. The van der Waals surface area contributed by atoms with Crippen molar-refractivity contribution in [1.29, 1.82) is 0 Å². The van der Waals surface area contributed by atoms with Gasteiger partial charge < -0.3 is 10.6 Å². The van der Waals surface area contributed by atoms with Crippen LogP contribution in [0.5, 0.6) is 0 Å². The molecule has 0 aliphatic carbocycles. The Hall–Kier alpha value is -4.85. The summed E-state index contributed by atoms with van der Waals surface area (Å²) in [5, 5.41) is 10.3. The van der Waals surface area contributed by atoms with Gasteiger partial charge in [0, 0.05) is 18.2 Å². The van der Waals surface area contributed by atoms with Crippen LogP contribution in [0.4, 0.5) is 15.8 Å². The Labute approximate surface area is 206 Å². The molecule has 8 heteroatoms. The number of fused-ring (bicyclic) bond motifs is 1. The maximum atomic E-state index is 14.5. The van der Waals surface area contributed by atoms with Gasteiger partial charge >= 0.3 is 0 Å². The van der Waals surface area contributed by atoms with Crippen molar-refractivity contribution < 1.29 is 14.0 Å². The molecule has 0 aliphatic heterocycles. The third-order valence-electron chi connectivity index (χ3n) is 5.63. The van der Waals surface area contributed by atoms with E-state index in [0.717, 1.165) is 11.1 Å². The van der Waals surface area contributed by atoms with E-state index < -0.39 is 11.7 Å². The van der Waals surface area contributed by atoms with Crippen LogP contribution in [-0.2, 0) is 11.3 Å². The van der Waals surface area contributed by atoms with Crippen molar-refractivity contribution >= 4 is 34.2 Å². The van der Waals surface area contributed by atoms with Crippen molar-refractivity contribution in [2.75, 3.05) is 10.6 Å². The highest BCUT2D eigenvalue weighted by atomic mass is 19.1. The Kier molecular flexibility index (Phi) is 6.23. The average molecular weight is 480 g/mol. The summed E-state index contributed by atoms with van der Waals surface area (Å²) in [7, 11) is 0. The molecule has 2 amide bonds. The number of nitrogens with zero attached hydrogens (tertiary/aromatic N) is 3. The number of nitrogens with one attached hydrogen (secondary N) is 2. The number of anilines is 2. The van der Waals surface area contributed by atoms with Gasteiger partial charge in [0.25, 0.3) is 5.91 Å². The van der Waals surface area contributed by atoms with Crippen molar-refractivity contribution in [1.82, 2.24) is 14.8 Å². The topological polar surface area (TPSA) is 88.9 Å². The number of carbonyl (C=O) groups excluding carboxylic acids is 2. The standard InChI is InChI=1S/C28H22FN5O2/c1-18(35)31-21-12-13-24(29)26(14-21)33-28(36)22-15-25(20-10-6-3-7-11-20)32-27-23(22)16-30-34(27)17-19-8-4-2-5-9-19/h2-16H,17H2,1H3,(H,31,35)(H,33,36). The monoisotopic (exact) mass is 479 g/mol. The van der Waals surface area contributed by atoms with Crippen LogP contribution in [0.15, 0.2) is 91.1 Å². The van der Waals surface area contributed by atoms with Crippen LogP contribution in [0, 0.1) is 5.82 Å². The third-order valence-corrected chi connectivity index (χ3v) is 5.63. The average Bonchev–Trinajstić information content (AvgIpc) is 3.28. The van der Waals surface area contributed by atoms with Crippen LogP contribution in [0.3, 0.4) is 0 Å². The van der Waals surface area contributed by atoms with Crippen LogP contribution in [0.25, 0.3) is 22.3 Å². The zero-order valence-corrected chi connectivity index (χ0v) is 19.4. The van der Waals surface area contributed by atoms with E-state index in [1.165, 1.54) is 25.1 Å². The normalized spacial score (nSPS) is 10.8. The molecule has 0 fully saturated rings. The Morgan fingerprint density at radius 3 is 2.36 bits per heavy atom. The fraction of sp³-hybridized carbons (Fsp3) is 0.0714. The molecule has 2 aromatic heterocycles. The molecule has 0 aliphatic rings. The molecule has 0 bridgehead atoms. The molecule has 7 nitrogen and oxygen atoms in total. The molecule has 2 heterocycles. The minimum Gasteiger partial charge on any atom is -0.326 e. The fourth-order valence-electron chi connectivity index (χ4n) is 3.96. The van der Waals surface area contributed by atoms with Gasteiger partial charge in [-0.15, -0.1) is 0 Å². The first kappa shape index (κ1) is 22.9. The van der Waals surface area contributed by atoms with Crippen molar-refractivity contribution in [3.05, 3.63) is 108 Å². The summed E-state index contributed by atoms with van der Waals surface area (Å²) in [4.78, 5) is 29.6. The molecular weight excluding hydrogens is 457 g/mol. The maximum absolute atomic E-state index is 14.5. The number of rotatable bonds is 6. The number of hydrogen-bond donors (Lipinski definition) is 2. The Balaban J connectivity index is 1.58. The Morgan fingerprint density at radius 1 is 0.917 bits per heavy atom. The first-order chi connectivity index (χ1) is 17.5. The summed E-state index contributed by atoms with van der Waals surface area (Å²) >= 11 is 0. The van der Waals surface area contributed by atoms with Gasteiger partial charge in [-0.3, -0.25) is 9.59 Å². The molecule has 2 N–H and O–H groups in total. The smallest absolute Gasteiger partial charge is 0.256 e. The molecule has 5 rings (SSSR count). The number of pyridine rings is 1. The van der Waals surface area contributed by atoms with E-state index in [2.05, 4.69) is 15.7 Å². The van der Waals surface area contributed by atoms with E-state index in [1.807, 2.05) is 60.7 Å². The number of hydrogen-bond acceptors (Lipinski definition) is 4. The molecule has 3 aromatic carbocycles. The van der Waals surface area contributed by atoms with Gasteiger partial charge in [-0.1, -0.05) is 60.7 Å². The van der Waals surface area contributed by atoms with Gasteiger partial charge in [-0.2, -0.15) is 5.10 Å². The second-order valence-corrected chi connectivity index (χ2v) is 8.28. The predicted octanol–water partition coefficient (Wildman–Crippen LogP) is 5.50. The van der Waals surface area contributed by atoms with Gasteiger partial charge in [-0.05, 0) is 29.8 Å². The zero-order valence-electron chi connectivity index (χ0n) is 19.4. The lowest BCUT2D eigenvalue weighted by Crippen LogP contribution is -2.15. The van der Waals surface area contributed by atoms with Crippen molar-refractivity contribution in [3.8, 4) is 11.3 Å². The molecule has 0 saturated carbocycles. The minimum absolute atomic E-state index is 0.0471. The van der Waals surface area contributed by atoms with Gasteiger partial charge in [0.05, 0.1) is 35.1 Å². The second kappa shape index (κ2) is 9.79. The highest BCUT2D eigenvalue weighted by molar-refractivity contribution is 6.13. The third kappa shape index (κ3) is 4.83. The zero-order chi connectivity index (χ0) is 25.1. The predicted molar refractivity (Wildman–Crippen MR) is 137 cm³/mol. The molecular formula is C28H22FN5O2. The molecule has 0 radical (unpaired) electrons. The molecule has 0 saturated heterocycles. The highest BCUT2D eigenvalue weighted by Crippen LogP contribution is 2.27. The van der Waals surface area contributed by atoms with E-state index >= 15 is 0 Å². The van der Waals surface area contributed by atoms with Crippen LogP contribution < -0.4 is 10.6 Å². The Morgan fingerprint density at radius 2 is 1.64 bits per heavy atom. The van der Waals surface area contributed by atoms with Crippen LogP contribution in [-0.4, -0.2) is 26.6 Å². The lowest BCUT2D eigenvalue weighted by Gasteiger charge is -2.12. The van der Waals surface area contributed by atoms with Crippen molar-refractivity contribution in [2.45, 2.75) is 13.5 Å². The number of amides is 2. The number of aromatic nitrogens is 3. The molecule has 178 valence electrons. The van der Waals surface area contributed by atoms with Crippen LogP contribution in [0.1, 0.15) is 22.8 Å². The largest absolute Gasteiger partial charge is 0.326 e. The van der Waals surface area contributed by atoms with E-state index in [9.17, 15) is 14.0 Å². The lowest BCUT2D eigenvalue weighted by molar-refractivity contribution is -0.114. The van der Waals surface area contributed by atoms with E-state index in [1.54, 1.807) is 16.9 Å². The molecule has 0 atom stereocenters. The number of carbonyl (C=O) groups is 2. The van der Waals surface area contributed by atoms with Crippen molar-refractivity contribution in [3.63, 3.8) is 0 Å². The van der Waals surface area contributed by atoms with E-state index in [-0.39, 0.29) is 11.6 Å². The van der Waals surface area contributed by atoms with Gasteiger partial charge in [0.1, 0.15) is 5.82 Å². The minimum atomic E-state index is -0.620. The maximum Gasteiger partial charge on any atom is 0.256 e. The number of halogens is 1. The SMILES string of the molecule is CC(=O)Nc1ccc(F)c(NC(=O)c2cc(-c3ccccc3)nc3c2cnn3Cc2ccccc2)c1. The van der Waals surface area contributed by atoms with E-state index in [0.29, 0.717) is 34.5 Å². The highest BCUT2D eigenvalue weighted by Gasteiger charge is 2.19. The fourth-order valence-corrected chi connectivity index (χ4v) is 3.96. The molecule has 36 heavy (non-hydrogen) atoms. The van der Waals surface area contributed by atoms with Crippen LogP contribution >= 0.6 is 0 Å². The number of benzene rings is 3.